The maximum atomic E-state index is 6.11. The van der Waals surface area contributed by atoms with Crippen LogP contribution in [0.3, 0.4) is 0 Å². The lowest BCUT2D eigenvalue weighted by Gasteiger charge is -2.56. The first-order chi connectivity index (χ1) is 9.18. The summed E-state index contributed by atoms with van der Waals surface area (Å²) in [5, 5.41) is 0. The fourth-order valence-electron chi connectivity index (χ4n) is 5.43. The Morgan fingerprint density at radius 3 is 2.37 bits per heavy atom. The van der Waals surface area contributed by atoms with Crippen molar-refractivity contribution in [1.82, 2.24) is 9.97 Å². The third-order valence-corrected chi connectivity index (χ3v) is 6.00. The topological polar surface area (TPSA) is 54.7 Å². The van der Waals surface area contributed by atoms with Crippen LogP contribution in [0.5, 0.6) is 0 Å². The Hall–Kier alpha value is -0.830. The standard InChI is InChI=1S/C16H25N3/c1-2-13(17)15-18-9-14(19-15)16-6-10-3-11(7-16)5-12(4-10)8-16/h9-13H,2-8,17H2,1H3,(H,18,19). The zero-order valence-electron chi connectivity index (χ0n) is 11.9. The normalized spacial score (nSPS) is 41.7. The minimum atomic E-state index is 0.0719. The van der Waals surface area contributed by atoms with E-state index in [1.54, 1.807) is 0 Å². The van der Waals surface area contributed by atoms with Gasteiger partial charge >= 0.3 is 0 Å². The Balaban J connectivity index is 1.66. The third kappa shape index (κ3) is 1.78. The predicted octanol–water partition coefficient (Wildman–Crippen LogP) is 3.29. The molecule has 4 aliphatic carbocycles. The summed E-state index contributed by atoms with van der Waals surface area (Å²) >= 11 is 0. The molecule has 104 valence electrons. The fraction of sp³-hybridized carbons (Fsp3) is 0.812. The number of hydrogen-bond donors (Lipinski definition) is 2. The summed E-state index contributed by atoms with van der Waals surface area (Å²) in [6.45, 7) is 2.12. The first kappa shape index (κ1) is 12.0. The maximum absolute atomic E-state index is 6.11. The van der Waals surface area contributed by atoms with Crippen molar-refractivity contribution >= 4 is 0 Å². The number of imidazole rings is 1. The smallest absolute Gasteiger partial charge is 0.123 e. The third-order valence-electron chi connectivity index (χ3n) is 6.00. The van der Waals surface area contributed by atoms with Crippen molar-refractivity contribution in [2.24, 2.45) is 23.5 Å². The Bertz CT molecular complexity index is 441. The fourth-order valence-corrected chi connectivity index (χ4v) is 5.43. The molecule has 1 aromatic heterocycles. The van der Waals surface area contributed by atoms with Crippen molar-refractivity contribution in [2.75, 3.05) is 0 Å². The number of H-pyrrole nitrogens is 1. The van der Waals surface area contributed by atoms with Gasteiger partial charge in [-0.1, -0.05) is 6.92 Å². The molecule has 0 aliphatic heterocycles. The first-order valence-electron chi connectivity index (χ1n) is 7.99. The van der Waals surface area contributed by atoms with Gasteiger partial charge in [0.15, 0.2) is 0 Å². The summed E-state index contributed by atoms with van der Waals surface area (Å²) in [5.74, 6) is 3.95. The van der Waals surface area contributed by atoms with E-state index in [-0.39, 0.29) is 6.04 Å². The number of aromatic amines is 1. The van der Waals surface area contributed by atoms with Crippen LogP contribution in [0.4, 0.5) is 0 Å². The molecule has 1 unspecified atom stereocenters. The average Bonchev–Trinajstić information content (AvgIpc) is 2.86. The van der Waals surface area contributed by atoms with E-state index in [0.717, 1.165) is 30.0 Å². The maximum Gasteiger partial charge on any atom is 0.123 e. The summed E-state index contributed by atoms with van der Waals surface area (Å²) in [6, 6.07) is 0.0719. The second-order valence-corrected chi connectivity index (χ2v) is 7.39. The number of aromatic nitrogens is 2. The molecular formula is C16H25N3. The first-order valence-corrected chi connectivity index (χ1v) is 7.99. The molecule has 1 heterocycles. The molecule has 0 spiro atoms. The highest BCUT2D eigenvalue weighted by Crippen LogP contribution is 2.60. The second kappa shape index (κ2) is 4.08. The van der Waals surface area contributed by atoms with E-state index in [0.29, 0.717) is 5.41 Å². The molecule has 1 aromatic rings. The van der Waals surface area contributed by atoms with Crippen LogP contribution in [0.25, 0.3) is 0 Å². The van der Waals surface area contributed by atoms with E-state index < -0.39 is 0 Å². The highest BCUT2D eigenvalue weighted by Gasteiger charge is 2.52. The molecule has 4 bridgehead atoms. The van der Waals surface area contributed by atoms with Gasteiger partial charge in [-0.25, -0.2) is 4.98 Å². The van der Waals surface area contributed by atoms with Crippen LogP contribution in [-0.4, -0.2) is 9.97 Å². The highest BCUT2D eigenvalue weighted by atomic mass is 15.0. The monoisotopic (exact) mass is 259 g/mol. The minimum Gasteiger partial charge on any atom is -0.344 e. The van der Waals surface area contributed by atoms with E-state index in [1.807, 2.05) is 0 Å². The summed E-state index contributed by atoms with van der Waals surface area (Å²) < 4.78 is 0. The van der Waals surface area contributed by atoms with Crippen LogP contribution in [0, 0.1) is 17.8 Å². The van der Waals surface area contributed by atoms with Crippen molar-refractivity contribution < 1.29 is 0 Å². The van der Waals surface area contributed by atoms with Crippen molar-refractivity contribution in [2.45, 2.75) is 63.3 Å². The summed E-state index contributed by atoms with van der Waals surface area (Å²) in [7, 11) is 0. The van der Waals surface area contributed by atoms with Gasteiger partial charge in [0.25, 0.3) is 0 Å². The largest absolute Gasteiger partial charge is 0.344 e. The van der Waals surface area contributed by atoms with Gasteiger partial charge in [-0.15, -0.1) is 0 Å². The molecule has 0 aromatic carbocycles. The van der Waals surface area contributed by atoms with Crippen molar-refractivity contribution in [1.29, 1.82) is 0 Å². The van der Waals surface area contributed by atoms with Gasteiger partial charge in [0.1, 0.15) is 5.82 Å². The molecular weight excluding hydrogens is 234 g/mol. The van der Waals surface area contributed by atoms with Crippen molar-refractivity contribution in [3.8, 4) is 0 Å². The Morgan fingerprint density at radius 1 is 1.26 bits per heavy atom. The van der Waals surface area contributed by atoms with E-state index in [4.69, 9.17) is 5.73 Å². The van der Waals surface area contributed by atoms with Gasteiger partial charge in [0, 0.05) is 17.3 Å². The van der Waals surface area contributed by atoms with E-state index in [9.17, 15) is 0 Å². The lowest BCUT2D eigenvalue weighted by atomic mass is 9.49. The van der Waals surface area contributed by atoms with Crippen molar-refractivity contribution in [3.05, 3.63) is 17.7 Å². The van der Waals surface area contributed by atoms with Crippen LogP contribution in [0.15, 0.2) is 6.20 Å². The van der Waals surface area contributed by atoms with E-state index >= 15 is 0 Å². The lowest BCUT2D eigenvalue weighted by Crippen LogP contribution is -2.48. The quantitative estimate of drug-likeness (QED) is 0.875. The summed E-state index contributed by atoms with van der Waals surface area (Å²) in [5.41, 5.74) is 7.92. The van der Waals surface area contributed by atoms with Gasteiger partial charge in [-0.3, -0.25) is 0 Å². The van der Waals surface area contributed by atoms with Gasteiger partial charge < -0.3 is 10.7 Å². The Labute approximate surface area is 115 Å². The van der Waals surface area contributed by atoms with E-state index in [2.05, 4.69) is 23.1 Å². The zero-order valence-corrected chi connectivity index (χ0v) is 11.9. The molecule has 19 heavy (non-hydrogen) atoms. The lowest BCUT2D eigenvalue weighted by molar-refractivity contribution is -0.00707. The molecule has 4 aliphatic rings. The van der Waals surface area contributed by atoms with Gasteiger partial charge in [0.05, 0.1) is 6.04 Å². The number of rotatable bonds is 3. The van der Waals surface area contributed by atoms with Crippen LogP contribution < -0.4 is 5.73 Å². The molecule has 5 rings (SSSR count). The number of nitrogens with one attached hydrogen (secondary N) is 1. The molecule has 0 radical (unpaired) electrons. The predicted molar refractivity (Wildman–Crippen MR) is 75.7 cm³/mol. The van der Waals surface area contributed by atoms with E-state index in [1.165, 1.54) is 44.2 Å². The molecule has 0 amide bonds. The summed E-state index contributed by atoms with van der Waals surface area (Å²) in [6.07, 6.45) is 11.7. The van der Waals surface area contributed by atoms with Gasteiger partial charge in [-0.2, -0.15) is 0 Å². The minimum absolute atomic E-state index is 0.0719. The molecule has 3 heteroatoms. The van der Waals surface area contributed by atoms with Crippen LogP contribution >= 0.6 is 0 Å². The Kier molecular flexibility index (Phi) is 2.57. The van der Waals surface area contributed by atoms with Crippen LogP contribution in [-0.2, 0) is 5.41 Å². The number of nitrogens with zero attached hydrogens (tertiary/aromatic N) is 1. The molecule has 3 nitrogen and oxygen atoms in total. The zero-order chi connectivity index (χ0) is 13.0. The summed E-state index contributed by atoms with van der Waals surface area (Å²) in [4.78, 5) is 8.15. The Morgan fingerprint density at radius 2 is 1.84 bits per heavy atom. The molecule has 3 N–H and O–H groups in total. The molecule has 0 saturated heterocycles. The second-order valence-electron chi connectivity index (χ2n) is 7.39. The molecule has 4 saturated carbocycles. The number of nitrogens with two attached hydrogens (primary N) is 1. The molecule has 1 atom stereocenters. The SMILES string of the molecule is CCC(N)c1ncc(C23CC4CC(CC(C4)C2)C3)[nH]1. The van der Waals surface area contributed by atoms with Crippen molar-refractivity contribution in [3.63, 3.8) is 0 Å². The average molecular weight is 259 g/mol. The van der Waals surface area contributed by atoms with Crippen LogP contribution in [0.2, 0.25) is 0 Å². The van der Waals surface area contributed by atoms with Crippen LogP contribution in [0.1, 0.15) is 69.4 Å². The number of hydrogen-bond acceptors (Lipinski definition) is 2. The molecule has 4 fully saturated rings. The van der Waals surface area contributed by atoms with Gasteiger partial charge in [0.2, 0.25) is 0 Å². The van der Waals surface area contributed by atoms with Gasteiger partial charge in [-0.05, 0) is 62.7 Å². The highest BCUT2D eigenvalue weighted by molar-refractivity contribution is 5.22.